The van der Waals surface area contributed by atoms with Crippen LogP contribution in [0.25, 0.3) is 11.1 Å². The minimum atomic E-state index is -0.245. The molecule has 0 bridgehead atoms. The molecule has 4 N–H and O–H groups in total. The van der Waals surface area contributed by atoms with Gasteiger partial charge in [-0.25, -0.2) is 0 Å². The zero-order valence-corrected chi connectivity index (χ0v) is 10.5. The van der Waals surface area contributed by atoms with E-state index in [1.54, 1.807) is 6.07 Å². The van der Waals surface area contributed by atoms with E-state index in [0.717, 1.165) is 5.69 Å². The third-order valence-electron chi connectivity index (χ3n) is 2.79. The number of aromatic nitrogens is 2. The fourth-order valence-electron chi connectivity index (χ4n) is 1.87. The molecule has 5 heteroatoms. The summed E-state index contributed by atoms with van der Waals surface area (Å²) < 4.78 is 0. The van der Waals surface area contributed by atoms with Crippen molar-refractivity contribution in [1.29, 1.82) is 0 Å². The number of phenols is 2. The lowest BCUT2D eigenvalue weighted by molar-refractivity contribution is 0.404. The van der Waals surface area contributed by atoms with Gasteiger partial charge in [-0.15, -0.1) is 0 Å². The van der Waals surface area contributed by atoms with E-state index in [2.05, 4.69) is 10.2 Å². The molecule has 0 spiro atoms. The molecular weight excluding hydrogens is 232 g/mol. The zero-order chi connectivity index (χ0) is 13.5. The molecule has 0 radical (unpaired) electrons. The Balaban J connectivity index is 2.67. The lowest BCUT2D eigenvalue weighted by atomic mass is 9.87. The Morgan fingerprint density at radius 1 is 1.06 bits per heavy atom. The van der Waals surface area contributed by atoms with E-state index in [9.17, 15) is 15.0 Å². The zero-order valence-electron chi connectivity index (χ0n) is 10.5. The molecule has 0 saturated carbocycles. The summed E-state index contributed by atoms with van der Waals surface area (Å²) >= 11 is 0. The highest BCUT2D eigenvalue weighted by molar-refractivity contribution is 5.69. The first-order valence-corrected chi connectivity index (χ1v) is 5.64. The summed E-state index contributed by atoms with van der Waals surface area (Å²) in [5.41, 5.74) is 1.33. The Hall–Kier alpha value is -2.17. The average Bonchev–Trinajstić information content (AvgIpc) is 2.64. The topological polar surface area (TPSA) is 89.1 Å². The van der Waals surface area contributed by atoms with Crippen LogP contribution in [0, 0.1) is 0 Å². The number of H-pyrrole nitrogens is 2. The third kappa shape index (κ3) is 1.99. The van der Waals surface area contributed by atoms with Crippen molar-refractivity contribution >= 4 is 0 Å². The lowest BCUT2D eigenvalue weighted by Gasteiger charge is -2.18. The Morgan fingerprint density at radius 2 is 1.72 bits per heavy atom. The van der Waals surface area contributed by atoms with Gasteiger partial charge in [0.25, 0.3) is 5.56 Å². The first-order chi connectivity index (χ1) is 8.30. The summed E-state index contributed by atoms with van der Waals surface area (Å²) in [6, 6.07) is 4.34. The molecule has 96 valence electrons. The standard InChI is InChI=1S/C13H16N2O3/c1-13(2,3)11-10(12(18)15-14-11)7-4-5-8(16)9(17)6-7/h4-6,16-17H,1-3H3,(H2,14,15,18). The maximum Gasteiger partial charge on any atom is 0.272 e. The van der Waals surface area contributed by atoms with Crippen LogP contribution < -0.4 is 5.56 Å². The highest BCUT2D eigenvalue weighted by atomic mass is 16.3. The number of hydrogen-bond acceptors (Lipinski definition) is 3. The molecule has 0 unspecified atom stereocenters. The molecule has 2 aromatic rings. The van der Waals surface area contributed by atoms with Crippen molar-refractivity contribution in [3.63, 3.8) is 0 Å². The summed E-state index contributed by atoms with van der Waals surface area (Å²) in [6.45, 7) is 5.95. The number of rotatable bonds is 1. The molecule has 0 fully saturated rings. The molecule has 0 aliphatic carbocycles. The number of aromatic hydroxyl groups is 2. The van der Waals surface area contributed by atoms with Crippen molar-refractivity contribution < 1.29 is 10.2 Å². The lowest BCUT2D eigenvalue weighted by Crippen LogP contribution is -2.14. The summed E-state index contributed by atoms with van der Waals surface area (Å²) in [7, 11) is 0. The second-order valence-corrected chi connectivity index (χ2v) is 5.28. The van der Waals surface area contributed by atoms with E-state index >= 15 is 0 Å². The minimum Gasteiger partial charge on any atom is -0.504 e. The molecule has 2 rings (SSSR count). The van der Waals surface area contributed by atoms with Gasteiger partial charge in [0.15, 0.2) is 11.5 Å². The van der Waals surface area contributed by atoms with Crippen molar-refractivity contribution in [2.24, 2.45) is 0 Å². The van der Waals surface area contributed by atoms with Crippen molar-refractivity contribution in [2.75, 3.05) is 0 Å². The average molecular weight is 248 g/mol. The van der Waals surface area contributed by atoms with Gasteiger partial charge in [0.1, 0.15) is 0 Å². The predicted octanol–water partition coefficient (Wildman–Crippen LogP) is 2.08. The monoisotopic (exact) mass is 248 g/mol. The van der Waals surface area contributed by atoms with E-state index in [1.165, 1.54) is 12.1 Å². The van der Waals surface area contributed by atoms with Gasteiger partial charge in [-0.3, -0.25) is 9.89 Å². The van der Waals surface area contributed by atoms with Gasteiger partial charge in [0.05, 0.1) is 11.3 Å². The van der Waals surface area contributed by atoms with Crippen LogP contribution in [0.1, 0.15) is 26.5 Å². The van der Waals surface area contributed by atoms with Crippen LogP contribution in [0.3, 0.4) is 0 Å². The van der Waals surface area contributed by atoms with E-state index in [1.807, 2.05) is 20.8 Å². The first kappa shape index (κ1) is 12.3. The van der Waals surface area contributed by atoms with Gasteiger partial charge < -0.3 is 15.3 Å². The van der Waals surface area contributed by atoms with Gasteiger partial charge in [0.2, 0.25) is 0 Å². The molecule has 0 aliphatic rings. The van der Waals surface area contributed by atoms with Crippen molar-refractivity contribution in [3.05, 3.63) is 34.2 Å². The SMILES string of the molecule is CC(C)(C)c1[nH][nH]c(=O)c1-c1ccc(O)c(O)c1. The van der Waals surface area contributed by atoms with E-state index in [0.29, 0.717) is 11.1 Å². The molecule has 1 aromatic heterocycles. The molecule has 1 aromatic carbocycles. The fourth-order valence-corrected chi connectivity index (χ4v) is 1.87. The highest BCUT2D eigenvalue weighted by Crippen LogP contribution is 2.33. The number of phenolic OH excluding ortho intramolecular Hbond substituents is 2. The molecule has 1 heterocycles. The van der Waals surface area contributed by atoms with Crippen LogP contribution in [0.4, 0.5) is 0 Å². The summed E-state index contributed by atoms with van der Waals surface area (Å²) in [4.78, 5) is 11.9. The van der Waals surface area contributed by atoms with Crippen LogP contribution in [-0.4, -0.2) is 20.4 Å². The van der Waals surface area contributed by atoms with Crippen molar-refractivity contribution in [2.45, 2.75) is 26.2 Å². The van der Waals surface area contributed by atoms with Crippen molar-refractivity contribution in [1.82, 2.24) is 10.2 Å². The van der Waals surface area contributed by atoms with Crippen LogP contribution >= 0.6 is 0 Å². The molecular formula is C13H16N2O3. The van der Waals surface area contributed by atoms with E-state index < -0.39 is 0 Å². The molecule has 0 amide bonds. The Kier molecular flexibility index (Phi) is 2.69. The van der Waals surface area contributed by atoms with E-state index in [-0.39, 0.29) is 22.5 Å². The Bertz CT molecular complexity index is 632. The first-order valence-electron chi connectivity index (χ1n) is 5.64. The highest BCUT2D eigenvalue weighted by Gasteiger charge is 2.23. The van der Waals surface area contributed by atoms with Crippen LogP contribution in [0.15, 0.2) is 23.0 Å². The number of hydrogen-bond donors (Lipinski definition) is 4. The fraction of sp³-hybridized carbons (Fsp3) is 0.308. The van der Waals surface area contributed by atoms with Crippen LogP contribution in [0.5, 0.6) is 11.5 Å². The molecule has 5 nitrogen and oxygen atoms in total. The van der Waals surface area contributed by atoms with Gasteiger partial charge in [-0.05, 0) is 17.7 Å². The number of benzene rings is 1. The quantitative estimate of drug-likeness (QED) is 0.582. The minimum absolute atomic E-state index is 0.206. The second-order valence-electron chi connectivity index (χ2n) is 5.28. The molecule has 0 aliphatic heterocycles. The summed E-state index contributed by atoms with van der Waals surface area (Å²) in [5.74, 6) is -0.448. The summed E-state index contributed by atoms with van der Waals surface area (Å²) in [5, 5.41) is 24.2. The second kappa shape index (κ2) is 3.94. The van der Waals surface area contributed by atoms with Crippen molar-refractivity contribution in [3.8, 4) is 22.6 Å². The molecule has 18 heavy (non-hydrogen) atoms. The van der Waals surface area contributed by atoms with Crippen LogP contribution in [-0.2, 0) is 5.41 Å². The van der Waals surface area contributed by atoms with Gasteiger partial charge in [-0.2, -0.15) is 0 Å². The maximum atomic E-state index is 11.9. The third-order valence-corrected chi connectivity index (χ3v) is 2.79. The normalized spacial score (nSPS) is 11.7. The van der Waals surface area contributed by atoms with E-state index in [4.69, 9.17) is 0 Å². The Labute approximate surface area is 104 Å². The summed E-state index contributed by atoms with van der Waals surface area (Å²) in [6.07, 6.45) is 0. The maximum absolute atomic E-state index is 11.9. The molecule has 0 saturated heterocycles. The Morgan fingerprint density at radius 3 is 2.28 bits per heavy atom. The molecule has 0 atom stereocenters. The smallest absolute Gasteiger partial charge is 0.272 e. The predicted molar refractivity (Wildman–Crippen MR) is 68.9 cm³/mol. The number of nitrogens with one attached hydrogen (secondary N) is 2. The van der Waals surface area contributed by atoms with Crippen LogP contribution in [0.2, 0.25) is 0 Å². The largest absolute Gasteiger partial charge is 0.504 e. The number of aromatic amines is 2. The van der Waals surface area contributed by atoms with Gasteiger partial charge >= 0.3 is 0 Å². The van der Waals surface area contributed by atoms with Gasteiger partial charge in [-0.1, -0.05) is 26.8 Å². The van der Waals surface area contributed by atoms with Gasteiger partial charge in [0, 0.05) is 5.41 Å².